The standard InChI is InChI=1S/C12H18N6O4/c1-17(2)12-16-6-9(13)14-4-15-10(6)18(12)11-8(21)7(20)5(3-19)22-11/h4-5,7-8,11,19-21H,3H2,1-2H3,(H2,13,14,15)/t5-,7-,8-,11+/m1/s1. The molecule has 1 fully saturated rings. The summed E-state index contributed by atoms with van der Waals surface area (Å²) in [7, 11) is 3.53. The van der Waals surface area contributed by atoms with Gasteiger partial charge >= 0.3 is 0 Å². The van der Waals surface area contributed by atoms with Gasteiger partial charge in [-0.2, -0.15) is 0 Å². The van der Waals surface area contributed by atoms with E-state index in [1.807, 2.05) is 0 Å². The van der Waals surface area contributed by atoms with Gasteiger partial charge in [-0.3, -0.25) is 4.57 Å². The molecule has 4 atom stereocenters. The normalized spacial score (nSPS) is 28.4. The summed E-state index contributed by atoms with van der Waals surface area (Å²) in [5, 5.41) is 29.4. The van der Waals surface area contributed by atoms with Crippen molar-refractivity contribution in [3.8, 4) is 0 Å². The number of imidazole rings is 1. The third-order valence-electron chi connectivity index (χ3n) is 3.66. The van der Waals surface area contributed by atoms with Crippen LogP contribution in [0.5, 0.6) is 0 Å². The SMILES string of the molecule is CN(C)c1nc2c(N)ncnc2n1[C@H]1O[C@H](CO)[C@@H](O)[C@H]1O. The molecule has 3 heterocycles. The summed E-state index contributed by atoms with van der Waals surface area (Å²) in [6, 6.07) is 0. The van der Waals surface area contributed by atoms with E-state index in [1.165, 1.54) is 10.9 Å². The fourth-order valence-electron chi connectivity index (χ4n) is 2.56. The Morgan fingerprint density at radius 1 is 1.32 bits per heavy atom. The minimum atomic E-state index is -1.23. The summed E-state index contributed by atoms with van der Waals surface area (Å²) >= 11 is 0. The van der Waals surface area contributed by atoms with Crippen LogP contribution in [0.4, 0.5) is 11.8 Å². The maximum Gasteiger partial charge on any atom is 0.209 e. The minimum Gasteiger partial charge on any atom is -0.394 e. The van der Waals surface area contributed by atoms with Gasteiger partial charge in [-0.1, -0.05) is 0 Å². The number of nitrogen functional groups attached to an aromatic ring is 1. The van der Waals surface area contributed by atoms with Crippen molar-refractivity contribution >= 4 is 22.9 Å². The van der Waals surface area contributed by atoms with Gasteiger partial charge in [0.15, 0.2) is 23.2 Å². The van der Waals surface area contributed by atoms with Gasteiger partial charge in [0, 0.05) is 14.1 Å². The maximum atomic E-state index is 10.2. The minimum absolute atomic E-state index is 0.207. The van der Waals surface area contributed by atoms with Gasteiger partial charge in [-0.05, 0) is 0 Å². The Hall–Kier alpha value is -2.01. The molecule has 2 aromatic heterocycles. The van der Waals surface area contributed by atoms with E-state index in [-0.39, 0.29) is 5.82 Å². The van der Waals surface area contributed by atoms with Gasteiger partial charge in [0.1, 0.15) is 24.6 Å². The highest BCUT2D eigenvalue weighted by atomic mass is 16.6. The summed E-state index contributed by atoms with van der Waals surface area (Å²) in [6.07, 6.45) is -2.97. The smallest absolute Gasteiger partial charge is 0.209 e. The largest absolute Gasteiger partial charge is 0.394 e. The van der Waals surface area contributed by atoms with Crippen LogP contribution in [0.2, 0.25) is 0 Å². The van der Waals surface area contributed by atoms with Crippen molar-refractivity contribution < 1.29 is 20.1 Å². The molecule has 1 aliphatic rings. The Balaban J connectivity index is 2.17. The zero-order chi connectivity index (χ0) is 16.0. The van der Waals surface area contributed by atoms with E-state index in [0.29, 0.717) is 17.1 Å². The second kappa shape index (κ2) is 5.32. The molecule has 120 valence electrons. The Morgan fingerprint density at radius 2 is 2.05 bits per heavy atom. The fraction of sp³-hybridized carbons (Fsp3) is 0.583. The highest BCUT2D eigenvalue weighted by Crippen LogP contribution is 2.35. The lowest BCUT2D eigenvalue weighted by Gasteiger charge is -2.21. The number of fused-ring (bicyclic) bond motifs is 1. The van der Waals surface area contributed by atoms with Crippen LogP contribution in [0.15, 0.2) is 6.33 Å². The van der Waals surface area contributed by atoms with Crippen LogP contribution < -0.4 is 10.6 Å². The summed E-state index contributed by atoms with van der Waals surface area (Å²) in [6.45, 7) is -0.407. The Kier molecular flexibility index (Phi) is 3.60. The van der Waals surface area contributed by atoms with Gasteiger partial charge < -0.3 is 30.7 Å². The molecule has 1 aliphatic heterocycles. The van der Waals surface area contributed by atoms with Gasteiger partial charge in [0.25, 0.3) is 0 Å². The molecule has 1 saturated heterocycles. The quantitative estimate of drug-likeness (QED) is 0.510. The lowest BCUT2D eigenvalue weighted by Crippen LogP contribution is -2.33. The van der Waals surface area contributed by atoms with Crippen molar-refractivity contribution in [2.24, 2.45) is 0 Å². The third kappa shape index (κ3) is 2.08. The number of aliphatic hydroxyl groups excluding tert-OH is 3. The molecule has 10 nitrogen and oxygen atoms in total. The van der Waals surface area contributed by atoms with Gasteiger partial charge in [0.2, 0.25) is 5.95 Å². The van der Waals surface area contributed by atoms with Gasteiger partial charge in [0.05, 0.1) is 6.61 Å². The summed E-state index contributed by atoms with van der Waals surface area (Å²) in [5.74, 6) is 0.649. The lowest BCUT2D eigenvalue weighted by molar-refractivity contribution is -0.0503. The molecule has 0 spiro atoms. The average molecular weight is 310 g/mol. The molecule has 10 heteroatoms. The van der Waals surface area contributed by atoms with E-state index in [4.69, 9.17) is 10.5 Å². The number of rotatable bonds is 3. The predicted octanol–water partition coefficient (Wildman–Crippen LogP) is -1.91. The number of anilines is 2. The van der Waals surface area contributed by atoms with E-state index < -0.39 is 31.1 Å². The molecule has 0 bridgehead atoms. The number of hydrogen-bond acceptors (Lipinski definition) is 9. The second-order valence-electron chi connectivity index (χ2n) is 5.34. The third-order valence-corrected chi connectivity index (χ3v) is 3.66. The van der Waals surface area contributed by atoms with Crippen molar-refractivity contribution in [2.75, 3.05) is 31.3 Å². The van der Waals surface area contributed by atoms with Crippen LogP contribution in [0, 0.1) is 0 Å². The maximum absolute atomic E-state index is 10.2. The number of aliphatic hydroxyl groups is 3. The first kappa shape index (κ1) is 14.9. The highest BCUT2D eigenvalue weighted by molar-refractivity contribution is 5.84. The van der Waals surface area contributed by atoms with Crippen molar-refractivity contribution in [3.63, 3.8) is 0 Å². The van der Waals surface area contributed by atoms with Gasteiger partial charge in [-0.15, -0.1) is 0 Å². The van der Waals surface area contributed by atoms with Crippen LogP contribution in [-0.2, 0) is 4.74 Å². The van der Waals surface area contributed by atoms with Gasteiger partial charge in [-0.25, -0.2) is 15.0 Å². The van der Waals surface area contributed by atoms with Crippen LogP contribution in [0.25, 0.3) is 11.2 Å². The summed E-state index contributed by atoms with van der Waals surface area (Å²) in [4.78, 5) is 14.1. The van der Waals surface area contributed by atoms with E-state index in [2.05, 4.69) is 15.0 Å². The zero-order valence-electron chi connectivity index (χ0n) is 12.2. The molecule has 0 amide bonds. The second-order valence-corrected chi connectivity index (χ2v) is 5.34. The monoisotopic (exact) mass is 310 g/mol. The predicted molar refractivity (Wildman–Crippen MR) is 77.1 cm³/mol. The molecular weight excluding hydrogens is 292 g/mol. The highest BCUT2D eigenvalue weighted by Gasteiger charge is 2.45. The fourth-order valence-corrected chi connectivity index (χ4v) is 2.56. The van der Waals surface area contributed by atoms with Crippen LogP contribution in [0.3, 0.4) is 0 Å². The molecule has 5 N–H and O–H groups in total. The molecule has 22 heavy (non-hydrogen) atoms. The Morgan fingerprint density at radius 3 is 2.64 bits per heavy atom. The molecular formula is C12H18N6O4. The first-order valence-electron chi connectivity index (χ1n) is 6.74. The molecule has 3 rings (SSSR count). The number of aromatic nitrogens is 4. The summed E-state index contributed by atoms with van der Waals surface area (Å²) < 4.78 is 7.10. The van der Waals surface area contributed by atoms with E-state index >= 15 is 0 Å². The first-order valence-corrected chi connectivity index (χ1v) is 6.74. The Bertz CT molecular complexity index is 690. The number of nitrogens with two attached hydrogens (primary N) is 1. The Labute approximate surface area is 125 Å². The zero-order valence-corrected chi connectivity index (χ0v) is 12.2. The number of hydrogen-bond donors (Lipinski definition) is 4. The van der Waals surface area contributed by atoms with Crippen LogP contribution >= 0.6 is 0 Å². The van der Waals surface area contributed by atoms with Crippen molar-refractivity contribution in [1.29, 1.82) is 0 Å². The lowest BCUT2D eigenvalue weighted by atomic mass is 10.1. The van der Waals surface area contributed by atoms with E-state index in [0.717, 1.165) is 0 Å². The molecule has 0 unspecified atom stereocenters. The van der Waals surface area contributed by atoms with Crippen molar-refractivity contribution in [1.82, 2.24) is 19.5 Å². The van der Waals surface area contributed by atoms with E-state index in [1.54, 1.807) is 19.0 Å². The molecule has 0 saturated carbocycles. The molecule has 0 aliphatic carbocycles. The summed E-state index contributed by atoms with van der Waals surface area (Å²) in [5.41, 5.74) is 6.57. The first-order chi connectivity index (χ1) is 10.5. The number of nitrogens with zero attached hydrogens (tertiary/aromatic N) is 5. The van der Waals surface area contributed by atoms with E-state index in [9.17, 15) is 15.3 Å². The van der Waals surface area contributed by atoms with Crippen molar-refractivity contribution in [3.05, 3.63) is 6.33 Å². The number of ether oxygens (including phenoxy) is 1. The molecule has 2 aromatic rings. The van der Waals surface area contributed by atoms with Crippen molar-refractivity contribution in [2.45, 2.75) is 24.5 Å². The van der Waals surface area contributed by atoms with Crippen LogP contribution in [0.1, 0.15) is 6.23 Å². The average Bonchev–Trinajstić information content (AvgIpc) is 3.00. The molecule has 0 radical (unpaired) electrons. The topological polar surface area (TPSA) is 143 Å². The van der Waals surface area contributed by atoms with Crippen LogP contribution in [-0.4, -0.2) is 73.9 Å². The molecule has 0 aromatic carbocycles.